The molecule has 3 aliphatic rings. The quantitative estimate of drug-likeness (QED) is 0.507. The van der Waals surface area contributed by atoms with Gasteiger partial charge < -0.3 is 26.4 Å². The molecule has 8 heteroatoms. The molecule has 1 saturated heterocycles. The normalized spacial score (nSPS) is 29.1. The number of phenolic OH excluding ortho intramolecular Hbond substituents is 1. The summed E-state index contributed by atoms with van der Waals surface area (Å²) in [5.41, 5.74) is 9.52. The first-order valence-electron chi connectivity index (χ1n) is 12.7. The highest BCUT2D eigenvalue weighted by atomic mass is 16.3. The maximum absolute atomic E-state index is 14.0. The molecule has 0 aromatic heterocycles. The SMILES string of the molecule is CNCC(=O)N[C@H]1Cc2cccc(O)c2[C@H]2CC(C)(C3CCc4ccccc4C3)C(C(N)=O)N2C1=O. The third-order valence-electron chi connectivity index (χ3n) is 8.58. The second-order valence-electron chi connectivity index (χ2n) is 10.7. The Kier molecular flexibility index (Phi) is 6.24. The summed E-state index contributed by atoms with van der Waals surface area (Å²) in [4.78, 5) is 41.2. The molecule has 1 fully saturated rings. The summed E-state index contributed by atoms with van der Waals surface area (Å²) < 4.78 is 0. The van der Waals surface area contributed by atoms with E-state index in [0.29, 0.717) is 12.0 Å². The Morgan fingerprint density at radius 3 is 2.56 bits per heavy atom. The number of phenols is 1. The van der Waals surface area contributed by atoms with Crippen LogP contribution >= 0.6 is 0 Å². The van der Waals surface area contributed by atoms with Gasteiger partial charge in [-0.2, -0.15) is 0 Å². The number of benzene rings is 2. The van der Waals surface area contributed by atoms with Crippen LogP contribution in [0.3, 0.4) is 0 Å². The molecule has 5 N–H and O–H groups in total. The summed E-state index contributed by atoms with van der Waals surface area (Å²) in [5.74, 6) is -0.956. The van der Waals surface area contributed by atoms with Gasteiger partial charge >= 0.3 is 0 Å². The van der Waals surface area contributed by atoms with Gasteiger partial charge in [-0.1, -0.05) is 43.3 Å². The number of aromatic hydroxyl groups is 1. The van der Waals surface area contributed by atoms with Crippen LogP contribution in [0.2, 0.25) is 0 Å². The van der Waals surface area contributed by atoms with Crippen molar-refractivity contribution in [2.45, 2.75) is 57.2 Å². The van der Waals surface area contributed by atoms with Gasteiger partial charge in [-0.3, -0.25) is 14.4 Å². The van der Waals surface area contributed by atoms with Crippen LogP contribution in [0.15, 0.2) is 42.5 Å². The fourth-order valence-electron chi connectivity index (χ4n) is 6.93. The number of aryl methyl sites for hydroxylation is 1. The summed E-state index contributed by atoms with van der Waals surface area (Å²) in [5, 5.41) is 16.6. The number of nitrogens with one attached hydrogen (secondary N) is 2. The van der Waals surface area contributed by atoms with Crippen molar-refractivity contribution in [2.75, 3.05) is 13.6 Å². The second kappa shape index (κ2) is 9.24. The monoisotopic (exact) mass is 490 g/mol. The molecule has 2 aliphatic heterocycles. The number of nitrogens with zero attached hydrogens (tertiary/aromatic N) is 1. The van der Waals surface area contributed by atoms with Gasteiger partial charge in [0.05, 0.1) is 12.6 Å². The number of primary amides is 1. The number of nitrogens with two attached hydrogens (primary N) is 1. The van der Waals surface area contributed by atoms with Crippen LogP contribution in [-0.2, 0) is 33.6 Å². The predicted molar refractivity (Wildman–Crippen MR) is 135 cm³/mol. The maximum atomic E-state index is 14.0. The maximum Gasteiger partial charge on any atom is 0.246 e. The van der Waals surface area contributed by atoms with Crippen LogP contribution in [0.4, 0.5) is 0 Å². The summed E-state index contributed by atoms with van der Waals surface area (Å²) in [7, 11) is 1.66. The van der Waals surface area contributed by atoms with Crippen LogP contribution in [0, 0.1) is 11.3 Å². The highest BCUT2D eigenvalue weighted by Crippen LogP contribution is 2.57. The highest BCUT2D eigenvalue weighted by Gasteiger charge is 2.59. The van der Waals surface area contributed by atoms with Gasteiger partial charge in [-0.15, -0.1) is 0 Å². The van der Waals surface area contributed by atoms with Gasteiger partial charge in [0.1, 0.15) is 17.8 Å². The van der Waals surface area contributed by atoms with E-state index in [1.54, 1.807) is 24.1 Å². The van der Waals surface area contributed by atoms with Gasteiger partial charge in [-0.25, -0.2) is 0 Å². The van der Waals surface area contributed by atoms with Crippen molar-refractivity contribution < 1.29 is 19.5 Å². The number of carbonyl (C=O) groups is 3. The third-order valence-corrected chi connectivity index (χ3v) is 8.58. The fraction of sp³-hybridized carbons (Fsp3) is 0.464. The minimum Gasteiger partial charge on any atom is -0.508 e. The average molecular weight is 491 g/mol. The van der Waals surface area contributed by atoms with E-state index in [4.69, 9.17) is 5.73 Å². The first-order chi connectivity index (χ1) is 17.2. The molecular formula is C28H34N4O4. The van der Waals surface area contributed by atoms with Crippen LogP contribution in [0.25, 0.3) is 0 Å². The number of hydrogen-bond donors (Lipinski definition) is 4. The van der Waals surface area contributed by atoms with Gasteiger partial charge in [-0.05, 0) is 61.4 Å². The molecule has 3 amide bonds. The Bertz CT molecular complexity index is 1210. The average Bonchev–Trinajstić information content (AvgIpc) is 3.11. The molecule has 0 bridgehead atoms. The molecule has 0 saturated carbocycles. The van der Waals surface area contributed by atoms with Gasteiger partial charge in [0.15, 0.2) is 0 Å². The van der Waals surface area contributed by atoms with Crippen molar-refractivity contribution >= 4 is 17.7 Å². The summed E-state index contributed by atoms with van der Waals surface area (Å²) in [6.07, 6.45) is 3.36. The Hall–Kier alpha value is -3.39. The smallest absolute Gasteiger partial charge is 0.246 e. The van der Waals surface area contributed by atoms with E-state index in [1.165, 1.54) is 11.1 Å². The van der Waals surface area contributed by atoms with E-state index in [-0.39, 0.29) is 36.4 Å². The molecule has 1 aliphatic carbocycles. The largest absolute Gasteiger partial charge is 0.508 e. The number of hydrogen-bond acceptors (Lipinski definition) is 5. The van der Waals surface area contributed by atoms with E-state index in [1.807, 2.05) is 18.2 Å². The number of fused-ring (bicyclic) bond motifs is 4. The number of likely N-dealkylation sites (N-methyl/N-ethyl adjacent to an activating group) is 1. The Balaban J connectivity index is 1.59. The lowest BCUT2D eigenvalue weighted by atomic mass is 9.64. The zero-order valence-electron chi connectivity index (χ0n) is 20.8. The standard InChI is InChI=1S/C28H34N4O4/c1-28(19-11-10-16-6-3-4-7-17(16)12-19)14-21-24-18(8-5-9-22(24)33)13-20(31-23(34)15-30-2)27(36)32(21)25(28)26(29)35/h3-9,19-21,25,30,33H,10-15H2,1-2H3,(H2,29,35)(H,31,34)/t19?,20-,21+,25?,28?/m0/s1. The van der Waals surface area contributed by atoms with Crippen molar-refractivity contribution in [1.82, 2.24) is 15.5 Å². The molecule has 5 rings (SSSR count). The van der Waals surface area contributed by atoms with Crippen molar-refractivity contribution in [1.29, 1.82) is 0 Å². The highest BCUT2D eigenvalue weighted by molar-refractivity contribution is 5.94. The van der Waals surface area contributed by atoms with Crippen LogP contribution in [0.1, 0.15) is 48.1 Å². The van der Waals surface area contributed by atoms with Gasteiger partial charge in [0.2, 0.25) is 17.7 Å². The zero-order valence-corrected chi connectivity index (χ0v) is 20.8. The van der Waals surface area contributed by atoms with E-state index in [0.717, 1.165) is 24.8 Å². The predicted octanol–water partition coefficient (Wildman–Crippen LogP) is 1.59. The Morgan fingerprint density at radius 1 is 1.11 bits per heavy atom. The Labute approximate surface area is 211 Å². The zero-order chi connectivity index (χ0) is 25.6. The third kappa shape index (κ3) is 3.93. The van der Waals surface area contributed by atoms with E-state index < -0.39 is 29.4 Å². The number of amides is 3. The molecular weight excluding hydrogens is 456 g/mol. The summed E-state index contributed by atoms with van der Waals surface area (Å²) >= 11 is 0. The van der Waals surface area contributed by atoms with Crippen molar-refractivity contribution in [3.05, 3.63) is 64.7 Å². The molecule has 2 heterocycles. The lowest BCUT2D eigenvalue weighted by Crippen LogP contribution is -2.57. The van der Waals surface area contributed by atoms with E-state index in [2.05, 4.69) is 29.7 Å². The molecule has 0 spiro atoms. The molecule has 2 aromatic carbocycles. The van der Waals surface area contributed by atoms with Gasteiger partial charge in [0, 0.05) is 17.4 Å². The number of rotatable bonds is 5. The van der Waals surface area contributed by atoms with Crippen molar-refractivity contribution in [2.24, 2.45) is 17.1 Å². The van der Waals surface area contributed by atoms with Crippen LogP contribution in [-0.4, -0.2) is 53.4 Å². The lowest BCUT2D eigenvalue weighted by Gasteiger charge is -2.42. The molecule has 0 radical (unpaired) electrons. The van der Waals surface area contributed by atoms with E-state index in [9.17, 15) is 19.5 Å². The number of carbonyl (C=O) groups excluding carboxylic acids is 3. The molecule has 5 atom stereocenters. The first kappa shape index (κ1) is 24.3. The fourth-order valence-corrected chi connectivity index (χ4v) is 6.93. The molecule has 3 unspecified atom stereocenters. The summed E-state index contributed by atoms with van der Waals surface area (Å²) in [6, 6.07) is 11.4. The lowest BCUT2D eigenvalue weighted by molar-refractivity contribution is -0.144. The molecule has 190 valence electrons. The molecule has 36 heavy (non-hydrogen) atoms. The van der Waals surface area contributed by atoms with Crippen molar-refractivity contribution in [3.63, 3.8) is 0 Å². The topological polar surface area (TPSA) is 125 Å². The van der Waals surface area contributed by atoms with Crippen LogP contribution < -0.4 is 16.4 Å². The van der Waals surface area contributed by atoms with Crippen molar-refractivity contribution in [3.8, 4) is 5.75 Å². The van der Waals surface area contributed by atoms with Crippen LogP contribution in [0.5, 0.6) is 5.75 Å². The summed E-state index contributed by atoms with van der Waals surface area (Å²) in [6.45, 7) is 2.13. The molecule has 2 aromatic rings. The molecule has 8 nitrogen and oxygen atoms in total. The minimum atomic E-state index is -0.854. The van der Waals surface area contributed by atoms with Gasteiger partial charge in [0.25, 0.3) is 0 Å². The first-order valence-corrected chi connectivity index (χ1v) is 12.7. The van der Waals surface area contributed by atoms with E-state index >= 15 is 0 Å². The Morgan fingerprint density at radius 2 is 1.83 bits per heavy atom. The minimum absolute atomic E-state index is 0.0680. The second-order valence-corrected chi connectivity index (χ2v) is 10.7.